The molecule has 0 amide bonds. The van der Waals surface area contributed by atoms with Gasteiger partial charge in [-0.05, 0) is 23.8 Å². The van der Waals surface area contributed by atoms with Crippen molar-refractivity contribution in [2.75, 3.05) is 0 Å². The molecule has 0 aliphatic rings. The highest BCUT2D eigenvalue weighted by molar-refractivity contribution is 7.14. The van der Waals surface area contributed by atoms with Gasteiger partial charge in [-0.1, -0.05) is 30.3 Å². The van der Waals surface area contributed by atoms with E-state index in [1.807, 2.05) is 0 Å². The summed E-state index contributed by atoms with van der Waals surface area (Å²) in [6.07, 6.45) is -1.58. The number of nitrogens with one attached hydrogen (secondary N) is 1. The van der Waals surface area contributed by atoms with Gasteiger partial charge in [0.1, 0.15) is 9.75 Å². The number of rotatable bonds is 3. The van der Waals surface area contributed by atoms with Crippen molar-refractivity contribution >= 4 is 23.1 Å². The van der Waals surface area contributed by atoms with Crippen molar-refractivity contribution < 1.29 is 18.3 Å². The van der Waals surface area contributed by atoms with Crippen LogP contribution in [0.4, 0.5) is 13.2 Å². The molecule has 8 heteroatoms. The zero-order chi connectivity index (χ0) is 18.7. The summed E-state index contributed by atoms with van der Waals surface area (Å²) >= 11 is 0.454. The maximum atomic E-state index is 13.4. The molecule has 0 atom stereocenters. The van der Waals surface area contributed by atoms with Gasteiger partial charge in [0.2, 0.25) is 0 Å². The van der Waals surface area contributed by atoms with Crippen molar-refractivity contribution in [1.29, 1.82) is 5.41 Å². The summed E-state index contributed by atoms with van der Waals surface area (Å²) in [4.78, 5) is 6.92. The number of alkyl halides is 3. The van der Waals surface area contributed by atoms with Crippen molar-refractivity contribution in [3.8, 4) is 11.1 Å². The quantitative estimate of drug-likeness (QED) is 0.413. The number of aliphatic imine (C=N–C) groups is 1. The zero-order valence-corrected chi connectivity index (χ0v) is 14.0. The van der Waals surface area contributed by atoms with Gasteiger partial charge in [-0.15, -0.1) is 16.3 Å². The maximum Gasteiger partial charge on any atom is 0.426 e. The minimum absolute atomic E-state index is 0.00786. The number of hydrogen-bond acceptors (Lipinski definition) is 3. The summed E-state index contributed by atoms with van der Waals surface area (Å²) in [5.41, 5.74) is 0.855. The fourth-order valence-corrected chi connectivity index (χ4v) is 3.23. The fraction of sp³-hybridized carbons (Fsp3) is 0.0556. The molecule has 132 valence electrons. The molecule has 2 aromatic heterocycles. The predicted octanol–water partition coefficient (Wildman–Crippen LogP) is 4.33. The van der Waals surface area contributed by atoms with Gasteiger partial charge in [-0.3, -0.25) is 10.4 Å². The Kier molecular flexibility index (Phi) is 4.85. The smallest absolute Gasteiger partial charge is 0.426 e. The molecule has 3 aromatic rings. The molecule has 0 unspecified atom stereocenters. The monoisotopic (exact) mass is 376 g/mol. The van der Waals surface area contributed by atoms with Crippen molar-refractivity contribution in [1.82, 2.24) is 4.98 Å². The third kappa shape index (κ3) is 3.80. The summed E-state index contributed by atoms with van der Waals surface area (Å²) in [5.74, 6) is -0.592. The molecule has 0 saturated heterocycles. The summed E-state index contributed by atoms with van der Waals surface area (Å²) < 4.78 is 40.2. The molecular weight excluding hydrogens is 363 g/mol. The minimum Gasteiger partial charge on any atom is -0.578 e. The Labute approximate surface area is 150 Å². The lowest BCUT2D eigenvalue weighted by molar-refractivity contribution is -0.133. The first-order valence-electron chi connectivity index (χ1n) is 7.42. The molecule has 1 aromatic carbocycles. The number of benzene rings is 1. The van der Waals surface area contributed by atoms with Crippen LogP contribution in [0.2, 0.25) is 0 Å². The Hall–Kier alpha value is -3.00. The van der Waals surface area contributed by atoms with Gasteiger partial charge in [0.25, 0.3) is 0 Å². The molecule has 0 aliphatic carbocycles. The molecule has 4 nitrogen and oxygen atoms in total. The molecule has 3 N–H and O–H groups in total. The molecule has 0 radical (unpaired) electrons. The van der Waals surface area contributed by atoms with Gasteiger partial charge in [-0.25, -0.2) is 0 Å². The van der Waals surface area contributed by atoms with E-state index in [0.717, 1.165) is 0 Å². The number of pyridine rings is 1. The first kappa shape index (κ1) is 17.8. The fourth-order valence-electron chi connectivity index (χ4n) is 2.29. The lowest BCUT2D eigenvalue weighted by Crippen LogP contribution is -2.04. The van der Waals surface area contributed by atoms with Crippen molar-refractivity contribution in [2.45, 2.75) is 6.18 Å². The van der Waals surface area contributed by atoms with E-state index < -0.39 is 11.1 Å². The lowest BCUT2D eigenvalue weighted by atomic mass is 10.1. The number of thiophene rings is 1. The molecular formula is C18H13F3N3OS+. The average molecular weight is 376 g/mol. The van der Waals surface area contributed by atoms with E-state index in [9.17, 15) is 13.2 Å². The van der Waals surface area contributed by atoms with Gasteiger partial charge < -0.3 is 5.11 Å². The van der Waals surface area contributed by atoms with E-state index in [4.69, 9.17) is 10.5 Å². The summed E-state index contributed by atoms with van der Waals surface area (Å²) in [7, 11) is 0. The van der Waals surface area contributed by atoms with Crippen LogP contribution in [-0.4, -0.2) is 21.8 Å². The maximum absolute atomic E-state index is 13.4. The first-order chi connectivity index (χ1) is 12.4. The van der Waals surface area contributed by atoms with Crippen LogP contribution in [0.25, 0.3) is 11.1 Å². The van der Waals surface area contributed by atoms with Crippen LogP contribution in [0, 0.1) is 5.41 Å². The van der Waals surface area contributed by atoms with Gasteiger partial charge in [0, 0.05) is 23.5 Å². The highest BCUT2D eigenvalue weighted by Crippen LogP contribution is 2.42. The average Bonchev–Trinajstić information content (AvgIpc) is 3.09. The van der Waals surface area contributed by atoms with Crippen LogP contribution in [-0.2, 0) is 6.18 Å². The molecule has 0 spiro atoms. The van der Waals surface area contributed by atoms with E-state index in [1.54, 1.807) is 42.5 Å². The van der Waals surface area contributed by atoms with E-state index >= 15 is 0 Å². The van der Waals surface area contributed by atoms with E-state index in [2.05, 4.69) is 9.98 Å². The highest BCUT2D eigenvalue weighted by atomic mass is 32.1. The Balaban J connectivity index is 2.02. The van der Waals surface area contributed by atoms with E-state index in [-0.39, 0.29) is 22.2 Å². The molecule has 26 heavy (non-hydrogen) atoms. The second-order valence-electron chi connectivity index (χ2n) is 5.26. The second kappa shape index (κ2) is 7.09. The van der Waals surface area contributed by atoms with Crippen molar-refractivity contribution in [3.63, 3.8) is 0 Å². The predicted molar refractivity (Wildman–Crippen MR) is 96.0 cm³/mol. The Morgan fingerprint density at radius 2 is 1.73 bits per heavy atom. The summed E-state index contributed by atoms with van der Waals surface area (Å²) in [6.45, 7) is 0. The molecule has 2 heterocycles. The zero-order valence-electron chi connectivity index (χ0n) is 13.2. The lowest BCUT2D eigenvalue weighted by Gasteiger charge is -2.07. The first-order valence-corrected chi connectivity index (χ1v) is 8.24. The van der Waals surface area contributed by atoms with E-state index in [1.165, 1.54) is 18.5 Å². The van der Waals surface area contributed by atoms with Crippen LogP contribution < -0.4 is 0 Å². The number of amidine groups is 1. The van der Waals surface area contributed by atoms with Crippen LogP contribution in [0.1, 0.15) is 15.3 Å². The van der Waals surface area contributed by atoms with Crippen molar-refractivity contribution in [3.05, 3.63) is 76.2 Å². The third-order valence-corrected chi connectivity index (χ3v) is 4.67. The third-order valence-electron chi connectivity index (χ3n) is 3.49. The van der Waals surface area contributed by atoms with Crippen LogP contribution in [0.5, 0.6) is 0 Å². The molecule has 3 rings (SSSR count). The standard InChI is InChI=1S/C18H12F3N3OS/c19-18(20,21)15-13(11-4-2-1-3-5-11)10-14(26-15)17(25)24-16(22)12-6-8-23-9-7-12/h1-10H,(H2,22,24,25)/p+1. The number of nitrogens with zero attached hydrogens (tertiary/aromatic N) is 2. The van der Waals surface area contributed by atoms with Gasteiger partial charge in [0.05, 0.1) is 0 Å². The largest absolute Gasteiger partial charge is 0.578 e. The van der Waals surface area contributed by atoms with Gasteiger partial charge >= 0.3 is 12.1 Å². The van der Waals surface area contributed by atoms with E-state index in [0.29, 0.717) is 22.5 Å². The van der Waals surface area contributed by atoms with Crippen LogP contribution >= 0.6 is 11.3 Å². The number of hydrogen-bond donors (Lipinski definition) is 1. The summed E-state index contributed by atoms with van der Waals surface area (Å²) in [6, 6.07) is 12.6. The minimum atomic E-state index is -4.53. The Morgan fingerprint density at radius 3 is 2.35 bits per heavy atom. The van der Waals surface area contributed by atoms with Crippen LogP contribution in [0.15, 0.2) is 65.9 Å². The molecule has 0 saturated carbocycles. The SMILES string of the molecule is N=C(N=C([OH2+])c1cc(-c2ccccc2)c(C(F)(F)F)s1)c1ccncc1. The Bertz CT molecular complexity index is 951. The molecule has 0 fully saturated rings. The van der Waals surface area contributed by atoms with Gasteiger partial charge in [0.15, 0.2) is 5.84 Å². The Morgan fingerprint density at radius 1 is 1.08 bits per heavy atom. The van der Waals surface area contributed by atoms with Crippen LogP contribution in [0.3, 0.4) is 0 Å². The summed E-state index contributed by atoms with van der Waals surface area (Å²) in [5, 5.41) is 15.9. The highest BCUT2D eigenvalue weighted by Gasteiger charge is 2.37. The second-order valence-corrected chi connectivity index (χ2v) is 6.31. The van der Waals surface area contributed by atoms with Crippen molar-refractivity contribution in [2.24, 2.45) is 4.99 Å². The number of aromatic nitrogens is 1. The van der Waals surface area contributed by atoms with Gasteiger partial charge in [-0.2, -0.15) is 13.2 Å². The topological polar surface area (TPSA) is 72.0 Å². The molecule has 0 bridgehead atoms. The molecule has 0 aliphatic heterocycles. The normalized spacial score (nSPS) is 12.2. The number of halogens is 3.